The summed E-state index contributed by atoms with van der Waals surface area (Å²) in [6.45, 7) is 2.06. The molecular weight excluding hydrogens is 228 g/mol. The molecule has 0 aromatic rings. The van der Waals surface area contributed by atoms with E-state index in [4.69, 9.17) is 5.73 Å². The van der Waals surface area contributed by atoms with Gasteiger partial charge in [0, 0.05) is 6.04 Å². The van der Waals surface area contributed by atoms with Crippen LogP contribution in [0.1, 0.15) is 51.4 Å². The maximum Gasteiger partial charge on any atom is 0.0107 e. The Morgan fingerprint density at radius 3 is 2.65 bits per heavy atom. The second-order valence-corrected chi connectivity index (χ2v) is 6.23. The van der Waals surface area contributed by atoms with E-state index in [2.05, 4.69) is 11.6 Å². The summed E-state index contributed by atoms with van der Waals surface area (Å²) in [7, 11) is 0. The van der Waals surface area contributed by atoms with Crippen molar-refractivity contribution in [3.8, 4) is 0 Å². The second-order valence-electron chi connectivity index (χ2n) is 5.25. The lowest BCUT2D eigenvalue weighted by Crippen LogP contribution is -2.42. The van der Waals surface area contributed by atoms with Crippen molar-refractivity contribution in [2.75, 3.05) is 25.1 Å². The lowest BCUT2D eigenvalue weighted by atomic mass is 9.84. The zero-order chi connectivity index (χ0) is 12.3. The van der Waals surface area contributed by atoms with Gasteiger partial charge < -0.3 is 11.1 Å². The molecule has 1 saturated carbocycles. The topological polar surface area (TPSA) is 38.0 Å². The Kier molecular flexibility index (Phi) is 9.21. The first-order valence-corrected chi connectivity index (χ1v) is 8.70. The molecule has 1 aliphatic rings. The highest BCUT2D eigenvalue weighted by molar-refractivity contribution is 7.98. The van der Waals surface area contributed by atoms with Crippen LogP contribution in [0.4, 0.5) is 0 Å². The number of rotatable bonds is 9. The minimum Gasteiger partial charge on any atom is -0.330 e. The Balaban J connectivity index is 1.97. The molecule has 17 heavy (non-hydrogen) atoms. The predicted molar refractivity (Wildman–Crippen MR) is 79.7 cm³/mol. The lowest BCUT2D eigenvalue weighted by molar-refractivity contribution is 0.267. The van der Waals surface area contributed by atoms with Crippen molar-refractivity contribution in [2.24, 2.45) is 11.7 Å². The molecule has 0 bridgehead atoms. The fourth-order valence-electron chi connectivity index (χ4n) is 2.77. The number of unbranched alkanes of at least 4 members (excludes halogenated alkanes) is 3. The number of hydrogen-bond donors (Lipinski definition) is 2. The van der Waals surface area contributed by atoms with Crippen molar-refractivity contribution >= 4 is 11.8 Å². The van der Waals surface area contributed by atoms with Crippen LogP contribution in [0.5, 0.6) is 0 Å². The smallest absolute Gasteiger partial charge is 0.0107 e. The molecule has 0 amide bonds. The lowest BCUT2D eigenvalue weighted by Gasteiger charge is -2.31. The van der Waals surface area contributed by atoms with Crippen molar-refractivity contribution in [2.45, 2.75) is 57.4 Å². The molecule has 3 N–H and O–H groups in total. The minimum absolute atomic E-state index is 0.708. The fraction of sp³-hybridized carbons (Fsp3) is 1.00. The molecule has 1 fully saturated rings. The number of nitrogens with two attached hydrogens (primary N) is 1. The van der Waals surface area contributed by atoms with Gasteiger partial charge in [-0.25, -0.2) is 0 Å². The summed E-state index contributed by atoms with van der Waals surface area (Å²) in [4.78, 5) is 0. The van der Waals surface area contributed by atoms with Gasteiger partial charge in [0.1, 0.15) is 0 Å². The van der Waals surface area contributed by atoms with Gasteiger partial charge >= 0.3 is 0 Å². The van der Waals surface area contributed by atoms with Gasteiger partial charge in [-0.15, -0.1) is 0 Å². The summed E-state index contributed by atoms with van der Waals surface area (Å²) in [5.41, 5.74) is 5.84. The van der Waals surface area contributed by atoms with Crippen molar-refractivity contribution < 1.29 is 0 Å². The van der Waals surface area contributed by atoms with E-state index in [1.54, 1.807) is 0 Å². The van der Waals surface area contributed by atoms with Gasteiger partial charge in [0.25, 0.3) is 0 Å². The van der Waals surface area contributed by atoms with Crippen LogP contribution in [0.15, 0.2) is 0 Å². The Hall–Kier alpha value is 0.270. The quantitative estimate of drug-likeness (QED) is 0.624. The molecule has 1 rings (SSSR count). The molecule has 3 heteroatoms. The maximum absolute atomic E-state index is 5.84. The van der Waals surface area contributed by atoms with Crippen LogP contribution in [0, 0.1) is 5.92 Å². The summed E-state index contributed by atoms with van der Waals surface area (Å²) in [5, 5.41) is 3.73. The van der Waals surface area contributed by atoms with Gasteiger partial charge in [0.2, 0.25) is 0 Å². The average Bonchev–Trinajstić information content (AvgIpc) is 2.38. The van der Waals surface area contributed by atoms with E-state index >= 15 is 0 Å². The molecule has 2 nitrogen and oxygen atoms in total. The standard InChI is InChI=1S/C14H30N2S/c1-17-11-7-3-2-6-10-16-14-9-5-4-8-13(14)12-15/h13-14,16H,2-12,15H2,1H3. The van der Waals surface area contributed by atoms with Gasteiger partial charge in [0.05, 0.1) is 0 Å². The molecule has 0 aliphatic heterocycles. The highest BCUT2D eigenvalue weighted by Crippen LogP contribution is 2.23. The fourth-order valence-corrected chi connectivity index (χ4v) is 3.26. The van der Waals surface area contributed by atoms with Gasteiger partial charge in [-0.3, -0.25) is 0 Å². The SMILES string of the molecule is CSCCCCCCNC1CCCCC1CN. The second kappa shape index (κ2) is 10.2. The van der Waals surface area contributed by atoms with E-state index in [9.17, 15) is 0 Å². The highest BCUT2D eigenvalue weighted by atomic mass is 32.2. The molecule has 0 spiro atoms. The Morgan fingerprint density at radius 2 is 1.88 bits per heavy atom. The normalized spacial score (nSPS) is 25.1. The molecule has 0 aromatic heterocycles. The summed E-state index contributed by atoms with van der Waals surface area (Å²) >= 11 is 1.96. The third-order valence-corrected chi connectivity index (χ3v) is 4.59. The van der Waals surface area contributed by atoms with E-state index in [0.29, 0.717) is 6.04 Å². The summed E-state index contributed by atoms with van der Waals surface area (Å²) in [5.74, 6) is 2.06. The molecule has 2 atom stereocenters. The monoisotopic (exact) mass is 258 g/mol. The number of thioether (sulfide) groups is 1. The van der Waals surface area contributed by atoms with Crippen LogP contribution in [0.25, 0.3) is 0 Å². The van der Waals surface area contributed by atoms with E-state index in [0.717, 1.165) is 12.5 Å². The molecule has 0 heterocycles. The number of nitrogens with one attached hydrogen (secondary N) is 1. The van der Waals surface area contributed by atoms with Crippen molar-refractivity contribution in [3.63, 3.8) is 0 Å². The van der Waals surface area contributed by atoms with Gasteiger partial charge in [-0.1, -0.05) is 25.7 Å². The van der Waals surface area contributed by atoms with Crippen LogP contribution >= 0.6 is 11.8 Å². The zero-order valence-electron chi connectivity index (χ0n) is 11.4. The van der Waals surface area contributed by atoms with Crippen LogP contribution in [-0.4, -0.2) is 31.1 Å². The van der Waals surface area contributed by atoms with E-state index in [-0.39, 0.29) is 0 Å². The molecular formula is C14H30N2S. The Bertz CT molecular complexity index is 176. The molecule has 1 aliphatic carbocycles. The third kappa shape index (κ3) is 6.68. The first-order chi connectivity index (χ1) is 8.38. The largest absolute Gasteiger partial charge is 0.330 e. The highest BCUT2D eigenvalue weighted by Gasteiger charge is 2.22. The molecule has 0 saturated heterocycles. The third-order valence-electron chi connectivity index (χ3n) is 3.89. The molecule has 2 unspecified atom stereocenters. The van der Waals surface area contributed by atoms with Crippen LogP contribution in [-0.2, 0) is 0 Å². The van der Waals surface area contributed by atoms with Gasteiger partial charge in [0.15, 0.2) is 0 Å². The zero-order valence-corrected chi connectivity index (χ0v) is 12.2. The first-order valence-electron chi connectivity index (χ1n) is 7.31. The summed E-state index contributed by atoms with van der Waals surface area (Å²) < 4.78 is 0. The minimum atomic E-state index is 0.708. The van der Waals surface area contributed by atoms with Crippen LogP contribution < -0.4 is 11.1 Å². The van der Waals surface area contributed by atoms with Gasteiger partial charge in [-0.2, -0.15) is 11.8 Å². The van der Waals surface area contributed by atoms with Crippen molar-refractivity contribution in [3.05, 3.63) is 0 Å². The maximum atomic E-state index is 5.84. The molecule has 0 aromatic carbocycles. The summed E-state index contributed by atoms with van der Waals surface area (Å²) in [6.07, 6.45) is 13.1. The Morgan fingerprint density at radius 1 is 1.12 bits per heavy atom. The number of hydrogen-bond acceptors (Lipinski definition) is 3. The van der Waals surface area contributed by atoms with Crippen molar-refractivity contribution in [1.82, 2.24) is 5.32 Å². The summed E-state index contributed by atoms with van der Waals surface area (Å²) in [6, 6.07) is 0.708. The van der Waals surface area contributed by atoms with Crippen molar-refractivity contribution in [1.29, 1.82) is 0 Å². The average molecular weight is 258 g/mol. The van der Waals surface area contributed by atoms with E-state index < -0.39 is 0 Å². The van der Waals surface area contributed by atoms with E-state index in [1.807, 2.05) is 11.8 Å². The van der Waals surface area contributed by atoms with Crippen LogP contribution in [0.2, 0.25) is 0 Å². The Labute approximate surface area is 111 Å². The molecule has 0 radical (unpaired) electrons. The van der Waals surface area contributed by atoms with E-state index in [1.165, 1.54) is 63.7 Å². The van der Waals surface area contributed by atoms with Crippen LogP contribution in [0.3, 0.4) is 0 Å². The predicted octanol–water partition coefficient (Wildman–Crippen LogP) is 3.02. The molecule has 102 valence electrons. The first kappa shape index (κ1) is 15.3. The van der Waals surface area contributed by atoms with Gasteiger partial charge in [-0.05, 0) is 56.7 Å².